The van der Waals surface area contributed by atoms with Gasteiger partial charge in [-0.25, -0.2) is 0 Å². The molecule has 0 aliphatic carbocycles. The highest BCUT2D eigenvalue weighted by Crippen LogP contribution is 2.20. The number of hydrogen-bond acceptors (Lipinski definition) is 4. The van der Waals surface area contributed by atoms with Gasteiger partial charge in [-0.1, -0.05) is 72.6 Å². The molecule has 0 N–H and O–H groups in total. The molecule has 4 nitrogen and oxygen atoms in total. The Morgan fingerprint density at radius 1 is 0.893 bits per heavy atom. The Kier molecular flexibility index (Phi) is 15.5. The fraction of sp³-hybridized carbons (Fsp3) is 0.750. The lowest BCUT2D eigenvalue weighted by molar-refractivity contribution is -0.153. The van der Waals surface area contributed by atoms with Crippen LogP contribution in [-0.4, -0.2) is 24.1 Å². The second kappa shape index (κ2) is 16.4. The van der Waals surface area contributed by atoms with Gasteiger partial charge >= 0.3 is 11.9 Å². The molecular weight excluding hydrogens is 352 g/mol. The second-order valence-corrected chi connectivity index (χ2v) is 7.54. The Balaban J connectivity index is 4.87. The first kappa shape index (κ1) is 26.4. The highest BCUT2D eigenvalue weighted by molar-refractivity contribution is 5.73. The van der Waals surface area contributed by atoms with Crippen LogP contribution < -0.4 is 0 Å². The van der Waals surface area contributed by atoms with Gasteiger partial charge in [-0.3, -0.25) is 9.59 Å². The molecule has 4 atom stereocenters. The molecule has 162 valence electrons. The molecule has 4 heteroatoms. The molecule has 0 amide bonds. The molecule has 0 spiro atoms. The fourth-order valence-electron chi connectivity index (χ4n) is 2.81. The van der Waals surface area contributed by atoms with Gasteiger partial charge in [0.15, 0.2) is 0 Å². The van der Waals surface area contributed by atoms with E-state index in [0.29, 0.717) is 19.3 Å². The van der Waals surface area contributed by atoms with Gasteiger partial charge in [0.25, 0.3) is 0 Å². The summed E-state index contributed by atoms with van der Waals surface area (Å²) in [5.41, 5.74) is 0. The topological polar surface area (TPSA) is 52.6 Å². The van der Waals surface area contributed by atoms with E-state index < -0.39 is 0 Å². The van der Waals surface area contributed by atoms with Crippen LogP contribution in [0.15, 0.2) is 24.8 Å². The summed E-state index contributed by atoms with van der Waals surface area (Å²) in [5.74, 6) is -0.644. The lowest BCUT2D eigenvalue weighted by atomic mass is 9.97. The van der Waals surface area contributed by atoms with Crippen molar-refractivity contribution in [2.45, 2.75) is 105 Å². The molecular formula is C24H42O4. The molecule has 0 rings (SSSR count). The lowest BCUT2D eigenvalue weighted by Crippen LogP contribution is -2.26. The van der Waals surface area contributed by atoms with Gasteiger partial charge in [0, 0.05) is 0 Å². The summed E-state index contributed by atoms with van der Waals surface area (Å²) in [4.78, 5) is 24.7. The SMILES string of the molecule is C=CC(CCC)OC(=O)C(CC)CCC(/C=C/CCCC)OC(=O)C(C)CC. The van der Waals surface area contributed by atoms with Crippen LogP contribution in [0.2, 0.25) is 0 Å². The first-order valence-electron chi connectivity index (χ1n) is 11.1. The van der Waals surface area contributed by atoms with E-state index in [1.54, 1.807) is 6.08 Å². The molecule has 28 heavy (non-hydrogen) atoms. The van der Waals surface area contributed by atoms with Gasteiger partial charge in [-0.2, -0.15) is 0 Å². The van der Waals surface area contributed by atoms with Gasteiger partial charge in [-0.05, 0) is 44.6 Å². The van der Waals surface area contributed by atoms with Gasteiger partial charge in [-0.15, -0.1) is 0 Å². The average molecular weight is 395 g/mol. The number of hydrogen-bond donors (Lipinski definition) is 0. The van der Waals surface area contributed by atoms with Crippen LogP contribution in [0.3, 0.4) is 0 Å². The first-order chi connectivity index (χ1) is 13.4. The zero-order valence-corrected chi connectivity index (χ0v) is 18.7. The minimum absolute atomic E-state index is 0.110. The van der Waals surface area contributed by atoms with Crippen LogP contribution >= 0.6 is 0 Å². The maximum Gasteiger partial charge on any atom is 0.309 e. The van der Waals surface area contributed by atoms with E-state index >= 15 is 0 Å². The minimum atomic E-state index is -0.286. The standard InChI is InChI=1S/C24H42O4/c1-7-12-13-14-16-22(28-23(25)19(6)9-3)18-17-20(10-4)24(26)27-21(11-5)15-8-2/h11,14,16,19-22H,5,7-10,12-13,15,17-18H2,1-4,6H3/b16-14+. The number of carbonyl (C=O) groups excluding carboxylic acids is 2. The summed E-state index contributed by atoms with van der Waals surface area (Å²) in [5, 5.41) is 0. The molecule has 0 aromatic heterocycles. The van der Waals surface area contributed by atoms with E-state index in [1.807, 2.05) is 26.8 Å². The van der Waals surface area contributed by atoms with E-state index in [9.17, 15) is 9.59 Å². The number of esters is 2. The van der Waals surface area contributed by atoms with Crippen LogP contribution in [0, 0.1) is 11.8 Å². The van der Waals surface area contributed by atoms with E-state index in [-0.39, 0.29) is 36.0 Å². The molecule has 0 saturated carbocycles. The molecule has 0 radical (unpaired) electrons. The number of allylic oxidation sites excluding steroid dienone is 1. The summed E-state index contributed by atoms with van der Waals surface area (Å²) in [7, 11) is 0. The zero-order valence-electron chi connectivity index (χ0n) is 18.7. The third kappa shape index (κ3) is 11.3. The molecule has 4 unspecified atom stereocenters. The van der Waals surface area contributed by atoms with Crippen molar-refractivity contribution < 1.29 is 19.1 Å². The predicted molar refractivity (Wildman–Crippen MR) is 116 cm³/mol. The number of unbranched alkanes of at least 4 members (excludes halogenated alkanes) is 2. The smallest absolute Gasteiger partial charge is 0.309 e. The van der Waals surface area contributed by atoms with Crippen LogP contribution in [0.5, 0.6) is 0 Å². The van der Waals surface area contributed by atoms with Crippen LogP contribution in [0.4, 0.5) is 0 Å². The molecule has 0 bridgehead atoms. The number of carbonyl (C=O) groups is 2. The summed E-state index contributed by atoms with van der Waals surface area (Å²) >= 11 is 0. The van der Waals surface area contributed by atoms with Crippen molar-refractivity contribution in [3.8, 4) is 0 Å². The monoisotopic (exact) mass is 394 g/mol. The Hall–Kier alpha value is -1.58. The third-order valence-corrected chi connectivity index (χ3v) is 5.09. The Bertz CT molecular complexity index is 469. The van der Waals surface area contributed by atoms with Crippen LogP contribution in [-0.2, 0) is 19.1 Å². The maximum absolute atomic E-state index is 12.5. The third-order valence-electron chi connectivity index (χ3n) is 5.09. The molecule has 0 aliphatic rings. The van der Waals surface area contributed by atoms with E-state index in [1.165, 1.54) is 0 Å². The van der Waals surface area contributed by atoms with E-state index in [4.69, 9.17) is 9.47 Å². The van der Waals surface area contributed by atoms with Crippen molar-refractivity contribution in [3.63, 3.8) is 0 Å². The minimum Gasteiger partial charge on any atom is -0.458 e. The van der Waals surface area contributed by atoms with Gasteiger partial charge in [0.2, 0.25) is 0 Å². The predicted octanol–water partition coefficient (Wildman–Crippen LogP) is 6.40. The summed E-state index contributed by atoms with van der Waals surface area (Å²) in [6.45, 7) is 13.8. The van der Waals surface area contributed by atoms with Crippen molar-refractivity contribution in [1.29, 1.82) is 0 Å². The molecule has 0 aromatic rings. The first-order valence-corrected chi connectivity index (χ1v) is 11.1. The van der Waals surface area contributed by atoms with Gasteiger partial charge in [0.1, 0.15) is 12.2 Å². The summed E-state index contributed by atoms with van der Waals surface area (Å²) in [6, 6.07) is 0. The van der Waals surface area contributed by atoms with Crippen LogP contribution in [0.1, 0.15) is 92.4 Å². The second-order valence-electron chi connectivity index (χ2n) is 7.54. The van der Waals surface area contributed by atoms with E-state index in [0.717, 1.165) is 38.5 Å². The van der Waals surface area contributed by atoms with Crippen molar-refractivity contribution in [2.75, 3.05) is 0 Å². The fourth-order valence-corrected chi connectivity index (χ4v) is 2.81. The molecule has 0 fully saturated rings. The van der Waals surface area contributed by atoms with Gasteiger partial charge < -0.3 is 9.47 Å². The average Bonchev–Trinajstić information content (AvgIpc) is 2.69. The lowest BCUT2D eigenvalue weighted by Gasteiger charge is -2.21. The molecule has 0 aliphatic heterocycles. The van der Waals surface area contributed by atoms with Crippen molar-refractivity contribution in [1.82, 2.24) is 0 Å². The highest BCUT2D eigenvalue weighted by Gasteiger charge is 2.23. The maximum atomic E-state index is 12.5. The molecule has 0 aromatic carbocycles. The van der Waals surface area contributed by atoms with Crippen molar-refractivity contribution in [3.05, 3.63) is 24.8 Å². The number of ether oxygens (including phenoxy) is 2. The zero-order chi connectivity index (χ0) is 21.4. The normalized spacial score (nSPS) is 15.6. The van der Waals surface area contributed by atoms with Gasteiger partial charge in [0.05, 0.1) is 11.8 Å². The quantitative estimate of drug-likeness (QED) is 0.173. The Morgan fingerprint density at radius 3 is 2.11 bits per heavy atom. The molecule has 0 heterocycles. The van der Waals surface area contributed by atoms with E-state index in [2.05, 4.69) is 26.5 Å². The Morgan fingerprint density at radius 2 is 1.57 bits per heavy atom. The largest absolute Gasteiger partial charge is 0.458 e. The molecule has 0 saturated heterocycles. The number of rotatable bonds is 16. The summed E-state index contributed by atoms with van der Waals surface area (Å²) < 4.78 is 11.3. The summed E-state index contributed by atoms with van der Waals surface area (Å²) in [6.07, 6.45) is 13.0. The highest BCUT2D eigenvalue weighted by atomic mass is 16.5. The Labute approximate surface area is 172 Å². The van der Waals surface area contributed by atoms with Crippen molar-refractivity contribution in [2.24, 2.45) is 11.8 Å². The van der Waals surface area contributed by atoms with Crippen LogP contribution in [0.25, 0.3) is 0 Å². The van der Waals surface area contributed by atoms with Crippen molar-refractivity contribution >= 4 is 11.9 Å².